The minimum absolute atomic E-state index is 0.247. The van der Waals surface area contributed by atoms with Gasteiger partial charge in [0.25, 0.3) is 5.91 Å². The van der Waals surface area contributed by atoms with Crippen LogP contribution in [0.1, 0.15) is 27.2 Å². The van der Waals surface area contributed by atoms with E-state index in [4.69, 9.17) is 24.5 Å². The van der Waals surface area contributed by atoms with E-state index < -0.39 is 0 Å². The third-order valence-electron chi connectivity index (χ3n) is 6.32. The van der Waals surface area contributed by atoms with Crippen molar-refractivity contribution in [2.24, 2.45) is 0 Å². The largest absolute Gasteiger partial charge is 0.493 e. The minimum atomic E-state index is -0.291. The van der Waals surface area contributed by atoms with Gasteiger partial charge in [-0.2, -0.15) is 10.5 Å². The van der Waals surface area contributed by atoms with E-state index in [1.165, 1.54) is 33.6 Å². The highest BCUT2D eigenvalue weighted by atomic mass is 16.5. The van der Waals surface area contributed by atoms with Gasteiger partial charge in [0.1, 0.15) is 29.1 Å². The molecule has 3 N–H and O–H groups in total. The molecule has 0 unspecified atom stereocenters. The van der Waals surface area contributed by atoms with Crippen molar-refractivity contribution in [2.45, 2.75) is 6.54 Å². The second-order valence-corrected chi connectivity index (χ2v) is 8.73. The van der Waals surface area contributed by atoms with Gasteiger partial charge in [-0.1, -0.05) is 12.1 Å². The van der Waals surface area contributed by atoms with Crippen LogP contribution in [0, 0.1) is 22.7 Å². The second kappa shape index (κ2) is 11.4. The van der Waals surface area contributed by atoms with Crippen molar-refractivity contribution in [3.05, 3.63) is 83.3 Å². The molecule has 0 aliphatic heterocycles. The third-order valence-corrected chi connectivity index (χ3v) is 6.32. The Hall–Kier alpha value is -6.01. The topological polar surface area (TPSA) is 162 Å². The van der Waals surface area contributed by atoms with Gasteiger partial charge in [0.05, 0.1) is 26.9 Å². The van der Waals surface area contributed by atoms with Gasteiger partial charge < -0.3 is 24.8 Å². The molecule has 0 bridgehead atoms. The third kappa shape index (κ3) is 5.17. The number of amides is 1. The van der Waals surface area contributed by atoms with E-state index in [0.717, 1.165) is 11.3 Å². The number of nitrogens with zero attached hydrogens (tertiary/aromatic N) is 5. The highest BCUT2D eigenvalue weighted by molar-refractivity contribution is 5.93. The number of methoxy groups -OCH3 is 3. The number of H-pyrrole nitrogens is 1. The summed E-state index contributed by atoms with van der Waals surface area (Å²) >= 11 is 0. The smallest absolute Gasteiger partial charge is 0.253 e. The summed E-state index contributed by atoms with van der Waals surface area (Å²) in [7, 11) is 4.61. The molecule has 12 nitrogen and oxygen atoms in total. The molecule has 0 atom stereocenters. The van der Waals surface area contributed by atoms with Crippen molar-refractivity contribution in [3.8, 4) is 40.6 Å². The number of carbonyl (C=O) groups excluding carboxylic acids is 1. The first-order valence-electron chi connectivity index (χ1n) is 12.3. The number of hydrogen-bond donors (Lipinski definition) is 3. The van der Waals surface area contributed by atoms with E-state index in [1.54, 1.807) is 28.9 Å². The van der Waals surface area contributed by atoms with Crippen LogP contribution >= 0.6 is 0 Å². The first kappa shape index (κ1) is 26.6. The molecular formula is C29H24N8O4. The molecule has 0 fully saturated rings. The maximum atomic E-state index is 12.4. The lowest BCUT2D eigenvalue weighted by molar-refractivity contribution is 0.0950. The van der Waals surface area contributed by atoms with Crippen LogP contribution in [-0.2, 0) is 6.54 Å². The van der Waals surface area contributed by atoms with Crippen LogP contribution in [0.4, 0.5) is 11.5 Å². The van der Waals surface area contributed by atoms with E-state index in [-0.39, 0.29) is 11.6 Å². The molecule has 41 heavy (non-hydrogen) atoms. The van der Waals surface area contributed by atoms with Gasteiger partial charge in [-0.05, 0) is 42.0 Å². The molecule has 0 saturated heterocycles. The summed E-state index contributed by atoms with van der Waals surface area (Å²) in [6.07, 6.45) is 2.96. The minimum Gasteiger partial charge on any atom is -0.493 e. The average molecular weight is 549 g/mol. The first-order valence-corrected chi connectivity index (χ1v) is 12.3. The molecule has 1 amide bonds. The monoisotopic (exact) mass is 548 g/mol. The lowest BCUT2D eigenvalue weighted by atomic mass is 10.1. The van der Waals surface area contributed by atoms with Crippen LogP contribution in [0.15, 0.2) is 60.9 Å². The normalized spacial score (nSPS) is 10.5. The Morgan fingerprint density at radius 1 is 1.00 bits per heavy atom. The number of hydrogen-bond acceptors (Lipinski definition) is 9. The van der Waals surface area contributed by atoms with Crippen molar-refractivity contribution in [1.29, 1.82) is 10.5 Å². The zero-order valence-corrected chi connectivity index (χ0v) is 22.3. The number of benzene rings is 2. The van der Waals surface area contributed by atoms with Crippen LogP contribution < -0.4 is 24.8 Å². The summed E-state index contributed by atoms with van der Waals surface area (Å²) in [5, 5.41) is 27.8. The van der Waals surface area contributed by atoms with Crippen LogP contribution in [-0.4, -0.2) is 46.8 Å². The molecule has 5 aromatic rings. The summed E-state index contributed by atoms with van der Waals surface area (Å²) in [5.74, 6) is 1.68. The van der Waals surface area contributed by atoms with E-state index >= 15 is 0 Å². The molecule has 3 aromatic heterocycles. The van der Waals surface area contributed by atoms with Gasteiger partial charge in [0.15, 0.2) is 23.0 Å². The van der Waals surface area contributed by atoms with Crippen molar-refractivity contribution < 1.29 is 19.0 Å². The predicted octanol–water partition coefficient (Wildman–Crippen LogP) is 4.17. The molecular weight excluding hydrogens is 524 g/mol. The fourth-order valence-corrected chi connectivity index (χ4v) is 4.26. The number of aromatic nitrogens is 4. The molecule has 0 radical (unpaired) electrons. The molecule has 204 valence electrons. The summed E-state index contributed by atoms with van der Waals surface area (Å²) in [6.45, 7) is 0.300. The molecule has 0 spiro atoms. The van der Waals surface area contributed by atoms with Crippen LogP contribution in [0.25, 0.3) is 16.9 Å². The van der Waals surface area contributed by atoms with Crippen molar-refractivity contribution >= 4 is 23.1 Å². The number of carbonyl (C=O) groups is 1. The fourth-order valence-electron chi connectivity index (χ4n) is 4.26. The maximum absolute atomic E-state index is 12.4. The zero-order chi connectivity index (χ0) is 28.9. The molecule has 0 aliphatic rings. The maximum Gasteiger partial charge on any atom is 0.253 e. The molecule has 0 aliphatic carbocycles. The number of nitriles is 2. The quantitative estimate of drug-likeness (QED) is 0.245. The zero-order valence-electron chi connectivity index (χ0n) is 22.3. The lowest BCUT2D eigenvalue weighted by Gasteiger charge is -2.14. The van der Waals surface area contributed by atoms with Crippen LogP contribution in [0.2, 0.25) is 0 Å². The van der Waals surface area contributed by atoms with E-state index in [9.17, 15) is 10.1 Å². The Morgan fingerprint density at radius 2 is 1.73 bits per heavy atom. The van der Waals surface area contributed by atoms with Crippen molar-refractivity contribution in [2.75, 3.05) is 26.6 Å². The first-order chi connectivity index (χ1) is 20.0. The van der Waals surface area contributed by atoms with Gasteiger partial charge in [0.2, 0.25) is 5.75 Å². The van der Waals surface area contributed by atoms with Gasteiger partial charge >= 0.3 is 0 Å². The number of imidazole rings is 1. The number of nitrogens with one attached hydrogen (secondary N) is 3. The molecule has 5 rings (SSSR count). The van der Waals surface area contributed by atoms with Gasteiger partial charge in [-0.15, -0.1) is 0 Å². The highest BCUT2D eigenvalue weighted by Crippen LogP contribution is 2.43. The Kier molecular flexibility index (Phi) is 7.39. The molecule has 2 aromatic carbocycles. The van der Waals surface area contributed by atoms with Crippen molar-refractivity contribution in [1.82, 2.24) is 24.9 Å². The summed E-state index contributed by atoms with van der Waals surface area (Å²) in [5.41, 5.74) is 4.32. The number of pyridine rings is 1. The summed E-state index contributed by atoms with van der Waals surface area (Å²) < 4.78 is 18.2. The standard InChI is InChI=1S/C29H24N8O4/c1-39-23-10-19(11-24(40-2)26(23)41-3)25-28(37-27(36-25)20(12-30)16-34-37)35-21-7-4-17(5-8-21)14-33-29(38)18-6-9-22(13-31)32-15-18/h4-11,15-16,34-35H,14H2,1-3H3,(H,33,38). The van der Waals surface area contributed by atoms with Crippen LogP contribution in [0.5, 0.6) is 17.2 Å². The number of aromatic amines is 1. The number of ether oxygens (including phenoxy) is 3. The Bertz CT molecular complexity index is 1780. The number of rotatable bonds is 9. The average Bonchev–Trinajstić information content (AvgIpc) is 3.59. The Morgan fingerprint density at radius 3 is 2.32 bits per heavy atom. The number of anilines is 2. The lowest BCUT2D eigenvalue weighted by Crippen LogP contribution is -2.22. The van der Waals surface area contributed by atoms with E-state index in [0.29, 0.717) is 57.6 Å². The van der Waals surface area contributed by atoms with E-state index in [2.05, 4.69) is 26.8 Å². The van der Waals surface area contributed by atoms with E-state index in [1.807, 2.05) is 30.3 Å². The highest BCUT2D eigenvalue weighted by Gasteiger charge is 2.22. The van der Waals surface area contributed by atoms with Crippen molar-refractivity contribution in [3.63, 3.8) is 0 Å². The predicted molar refractivity (Wildman–Crippen MR) is 149 cm³/mol. The molecule has 12 heteroatoms. The molecule has 0 saturated carbocycles. The second-order valence-electron chi connectivity index (χ2n) is 8.73. The fraction of sp³-hybridized carbons (Fsp3) is 0.138. The Labute approximate surface area is 234 Å². The summed E-state index contributed by atoms with van der Waals surface area (Å²) in [6, 6.07) is 18.2. The number of fused-ring (bicyclic) bond motifs is 1. The SMILES string of the molecule is COc1cc(-c2nc3c(C#N)c[nH]n3c2Nc2ccc(CNC(=O)c3ccc(C#N)nc3)cc2)cc(OC)c1OC. The molecule has 3 heterocycles. The Balaban J connectivity index is 1.41. The van der Waals surface area contributed by atoms with Gasteiger partial charge in [-0.25, -0.2) is 14.5 Å². The summed E-state index contributed by atoms with van der Waals surface area (Å²) in [4.78, 5) is 21.1. The van der Waals surface area contributed by atoms with Crippen LogP contribution in [0.3, 0.4) is 0 Å². The van der Waals surface area contributed by atoms with Gasteiger partial charge in [-0.3, -0.25) is 9.89 Å². The van der Waals surface area contributed by atoms with Gasteiger partial charge in [0, 0.05) is 30.2 Å².